The zero-order valence-corrected chi connectivity index (χ0v) is 17.6. The Kier molecular flexibility index (Phi) is 6.68. The number of benzene rings is 2. The van der Waals surface area contributed by atoms with Crippen LogP contribution in [0, 0.1) is 20.8 Å². The first kappa shape index (κ1) is 20.4. The fourth-order valence-electron chi connectivity index (χ4n) is 2.91. The Morgan fingerprint density at radius 1 is 0.840 bits per heavy atom. The average molecular weight is 416 g/mol. The molecule has 132 valence electrons. The molecular weight excluding hydrogens is 398 g/mol. The van der Waals surface area contributed by atoms with Gasteiger partial charge in [0.1, 0.15) is 0 Å². The maximum atomic E-state index is 13.1. The molecular formula is C19H18Cl3O2P. The van der Waals surface area contributed by atoms with Gasteiger partial charge in [0, 0.05) is 18.5 Å². The van der Waals surface area contributed by atoms with E-state index in [9.17, 15) is 9.59 Å². The summed E-state index contributed by atoms with van der Waals surface area (Å²) in [5, 5.41) is 0.700. The lowest BCUT2D eigenvalue weighted by molar-refractivity contribution is 0.105. The molecule has 0 radical (unpaired) electrons. The predicted octanol–water partition coefficient (Wildman–Crippen LogP) is 7.05. The van der Waals surface area contributed by atoms with Crippen LogP contribution in [0.15, 0.2) is 24.3 Å². The van der Waals surface area contributed by atoms with E-state index in [1.807, 2.05) is 39.8 Å². The molecule has 0 saturated carbocycles. The van der Waals surface area contributed by atoms with Gasteiger partial charge in [-0.1, -0.05) is 59.4 Å². The molecule has 0 spiro atoms. The van der Waals surface area contributed by atoms with Crippen molar-refractivity contribution < 1.29 is 9.59 Å². The fraction of sp³-hybridized carbons (Fsp3) is 0.263. The quantitative estimate of drug-likeness (QED) is 0.490. The minimum absolute atomic E-state index is 0.139. The lowest BCUT2D eigenvalue weighted by Crippen LogP contribution is -2.12. The molecule has 2 rings (SSSR count). The van der Waals surface area contributed by atoms with Crippen molar-refractivity contribution in [1.82, 2.24) is 0 Å². The van der Waals surface area contributed by atoms with Crippen molar-refractivity contribution in [3.63, 3.8) is 0 Å². The van der Waals surface area contributed by atoms with Crippen LogP contribution in [0.4, 0.5) is 0 Å². The van der Waals surface area contributed by atoms with E-state index in [1.54, 1.807) is 0 Å². The molecule has 1 atom stereocenters. The number of hydrogen-bond donors (Lipinski definition) is 0. The van der Waals surface area contributed by atoms with Crippen molar-refractivity contribution in [2.45, 2.75) is 27.7 Å². The van der Waals surface area contributed by atoms with Gasteiger partial charge in [-0.2, -0.15) is 0 Å². The summed E-state index contributed by atoms with van der Waals surface area (Å²) in [4.78, 5) is 26.2. The molecule has 0 saturated heterocycles. The van der Waals surface area contributed by atoms with Gasteiger partial charge in [-0.25, -0.2) is 0 Å². The number of carbonyl (C=O) groups excluding carboxylic acids is 2. The molecule has 2 aromatic carbocycles. The topological polar surface area (TPSA) is 34.1 Å². The molecule has 2 nitrogen and oxygen atoms in total. The monoisotopic (exact) mass is 414 g/mol. The molecule has 6 heteroatoms. The van der Waals surface area contributed by atoms with E-state index in [4.69, 9.17) is 34.8 Å². The first-order valence-corrected chi connectivity index (χ1v) is 10.4. The van der Waals surface area contributed by atoms with Crippen molar-refractivity contribution in [3.05, 3.63) is 67.2 Å². The van der Waals surface area contributed by atoms with Gasteiger partial charge < -0.3 is 0 Å². The van der Waals surface area contributed by atoms with Crippen molar-refractivity contribution in [2.75, 3.05) is 6.16 Å². The van der Waals surface area contributed by atoms with E-state index in [2.05, 4.69) is 0 Å². The number of carbonyl (C=O) groups is 2. The fourth-order valence-corrected chi connectivity index (χ4v) is 5.93. The van der Waals surface area contributed by atoms with Crippen LogP contribution in [-0.2, 0) is 0 Å². The van der Waals surface area contributed by atoms with Crippen LogP contribution in [0.2, 0.25) is 15.1 Å². The van der Waals surface area contributed by atoms with Crippen molar-refractivity contribution >= 4 is 53.8 Å². The zero-order chi connectivity index (χ0) is 18.9. The largest absolute Gasteiger partial charge is 0.289 e. The molecule has 0 fully saturated rings. The summed E-state index contributed by atoms with van der Waals surface area (Å²) in [5.41, 5.74) is 3.19. The number of rotatable bonds is 5. The Balaban J connectivity index is 2.50. The van der Waals surface area contributed by atoms with Gasteiger partial charge in [0.15, 0.2) is 11.0 Å². The molecule has 2 aromatic rings. The molecule has 0 bridgehead atoms. The standard InChI is InChI=1S/C19H18Cl3O2P/c1-5-25(18(23)16-11(3)6-10(2)7-12(16)4)19(24)17-14(21)8-13(20)9-15(17)22/h6-9H,5H2,1-4H3. The van der Waals surface area contributed by atoms with Gasteiger partial charge in [-0.15, -0.1) is 0 Å². The van der Waals surface area contributed by atoms with Crippen LogP contribution < -0.4 is 0 Å². The zero-order valence-electron chi connectivity index (χ0n) is 14.4. The van der Waals surface area contributed by atoms with E-state index in [-0.39, 0.29) is 26.7 Å². The molecule has 25 heavy (non-hydrogen) atoms. The maximum Gasteiger partial charge on any atom is 0.195 e. The van der Waals surface area contributed by atoms with Crippen LogP contribution >= 0.6 is 42.7 Å². The minimum atomic E-state index is -1.61. The summed E-state index contributed by atoms with van der Waals surface area (Å²) < 4.78 is 0. The van der Waals surface area contributed by atoms with Crippen LogP contribution in [0.3, 0.4) is 0 Å². The Morgan fingerprint density at radius 2 is 1.28 bits per heavy atom. The molecule has 0 aliphatic heterocycles. The van der Waals surface area contributed by atoms with Crippen molar-refractivity contribution in [3.8, 4) is 0 Å². The lowest BCUT2D eigenvalue weighted by atomic mass is 10.0. The second-order valence-corrected chi connectivity index (χ2v) is 9.42. The smallest absolute Gasteiger partial charge is 0.195 e. The van der Waals surface area contributed by atoms with Gasteiger partial charge in [0.05, 0.1) is 15.6 Å². The Bertz CT molecular complexity index is 746. The van der Waals surface area contributed by atoms with Crippen LogP contribution in [0.25, 0.3) is 0 Å². The molecule has 0 heterocycles. The summed E-state index contributed by atoms with van der Waals surface area (Å²) >= 11 is 18.3. The van der Waals surface area contributed by atoms with Crippen molar-refractivity contribution in [1.29, 1.82) is 0 Å². The third-order valence-corrected chi connectivity index (χ3v) is 6.79. The van der Waals surface area contributed by atoms with Crippen molar-refractivity contribution in [2.24, 2.45) is 0 Å². The first-order chi connectivity index (χ1) is 11.7. The first-order valence-electron chi connectivity index (χ1n) is 7.76. The number of halogens is 3. The number of hydrogen-bond acceptors (Lipinski definition) is 2. The average Bonchev–Trinajstić information content (AvgIpc) is 2.45. The molecule has 0 aromatic heterocycles. The maximum absolute atomic E-state index is 13.1. The second-order valence-electron chi connectivity index (χ2n) is 5.87. The summed E-state index contributed by atoms with van der Waals surface area (Å²) in [6.45, 7) is 7.60. The van der Waals surface area contributed by atoms with Gasteiger partial charge in [0.2, 0.25) is 0 Å². The van der Waals surface area contributed by atoms with E-state index < -0.39 is 7.92 Å². The SMILES string of the molecule is CCP(C(=O)c1c(C)cc(C)cc1C)C(=O)c1c(Cl)cc(Cl)cc1Cl. The van der Waals surface area contributed by atoms with E-state index in [0.717, 1.165) is 16.7 Å². The summed E-state index contributed by atoms with van der Waals surface area (Å²) in [6.07, 6.45) is 0.426. The molecule has 1 unspecified atom stereocenters. The van der Waals surface area contributed by atoms with E-state index in [0.29, 0.717) is 16.7 Å². The Morgan fingerprint density at radius 3 is 1.72 bits per heavy atom. The summed E-state index contributed by atoms with van der Waals surface area (Å²) in [6, 6.07) is 6.85. The van der Waals surface area contributed by atoms with Gasteiger partial charge >= 0.3 is 0 Å². The normalized spacial score (nSPS) is 12.1. The highest BCUT2D eigenvalue weighted by atomic mass is 35.5. The molecule has 0 amide bonds. The summed E-state index contributed by atoms with van der Waals surface area (Å²) in [5.74, 6) is 0. The van der Waals surface area contributed by atoms with Crippen LogP contribution in [0.1, 0.15) is 44.3 Å². The van der Waals surface area contributed by atoms with Gasteiger partial charge in [-0.05, 0) is 50.2 Å². The minimum Gasteiger partial charge on any atom is -0.289 e. The van der Waals surface area contributed by atoms with Crippen LogP contribution in [-0.4, -0.2) is 17.2 Å². The van der Waals surface area contributed by atoms with E-state index >= 15 is 0 Å². The third-order valence-electron chi connectivity index (χ3n) is 3.92. The second kappa shape index (κ2) is 8.18. The Labute approximate surface area is 164 Å². The Hall–Kier alpha value is -0.920. The third kappa shape index (κ3) is 4.26. The predicted molar refractivity (Wildman–Crippen MR) is 108 cm³/mol. The van der Waals surface area contributed by atoms with Gasteiger partial charge in [-0.3, -0.25) is 9.59 Å². The highest BCUT2D eigenvalue weighted by Gasteiger charge is 2.31. The summed E-state index contributed by atoms with van der Waals surface area (Å²) in [7, 11) is -1.61. The highest BCUT2D eigenvalue weighted by molar-refractivity contribution is 7.90. The molecule has 0 aliphatic rings. The molecule has 0 aliphatic carbocycles. The molecule has 0 N–H and O–H groups in total. The number of aryl methyl sites for hydroxylation is 3. The van der Waals surface area contributed by atoms with E-state index in [1.165, 1.54) is 12.1 Å². The lowest BCUT2D eigenvalue weighted by Gasteiger charge is -2.18. The highest BCUT2D eigenvalue weighted by Crippen LogP contribution is 2.47. The van der Waals surface area contributed by atoms with Gasteiger partial charge in [0.25, 0.3) is 0 Å². The van der Waals surface area contributed by atoms with Crippen LogP contribution in [0.5, 0.6) is 0 Å².